The first-order valence-corrected chi connectivity index (χ1v) is 6.77. The Morgan fingerprint density at radius 2 is 2.11 bits per heavy atom. The van der Waals surface area contributed by atoms with Crippen molar-refractivity contribution < 1.29 is 9.59 Å². The van der Waals surface area contributed by atoms with Crippen LogP contribution in [0.5, 0.6) is 0 Å². The van der Waals surface area contributed by atoms with Gasteiger partial charge in [-0.1, -0.05) is 20.8 Å². The van der Waals surface area contributed by atoms with Crippen molar-refractivity contribution in [2.75, 3.05) is 26.2 Å². The van der Waals surface area contributed by atoms with Crippen LogP contribution in [0.15, 0.2) is 0 Å². The van der Waals surface area contributed by atoms with E-state index in [1.807, 2.05) is 13.8 Å². The van der Waals surface area contributed by atoms with Gasteiger partial charge < -0.3 is 5.32 Å². The van der Waals surface area contributed by atoms with Crippen molar-refractivity contribution in [2.45, 2.75) is 33.6 Å². The zero-order valence-electron chi connectivity index (χ0n) is 11.7. The maximum Gasteiger partial charge on any atom is 0.321 e. The van der Waals surface area contributed by atoms with E-state index >= 15 is 0 Å². The Kier molecular flexibility index (Phi) is 6.12. The topological polar surface area (TPSA) is 61.4 Å². The first kappa shape index (κ1) is 15.0. The number of amides is 3. The summed E-state index contributed by atoms with van der Waals surface area (Å²) in [5.41, 5.74) is 0. The molecular weight excluding hydrogens is 230 g/mol. The molecule has 0 saturated carbocycles. The Morgan fingerprint density at radius 1 is 1.39 bits per heavy atom. The highest BCUT2D eigenvalue weighted by Crippen LogP contribution is 2.14. The largest absolute Gasteiger partial charge is 0.338 e. The summed E-state index contributed by atoms with van der Waals surface area (Å²) >= 11 is 0. The third kappa shape index (κ3) is 6.00. The monoisotopic (exact) mass is 255 g/mol. The molecule has 0 spiro atoms. The van der Waals surface area contributed by atoms with Crippen molar-refractivity contribution in [3.8, 4) is 0 Å². The summed E-state index contributed by atoms with van der Waals surface area (Å²) < 4.78 is 0. The van der Waals surface area contributed by atoms with Gasteiger partial charge in [-0.25, -0.2) is 4.79 Å². The highest BCUT2D eigenvalue weighted by atomic mass is 16.2. The molecule has 1 unspecified atom stereocenters. The Balaban J connectivity index is 2.22. The maximum atomic E-state index is 11.7. The predicted octanol–water partition coefficient (Wildman–Crippen LogP) is 1.20. The van der Waals surface area contributed by atoms with Gasteiger partial charge in [-0.05, 0) is 31.2 Å². The minimum atomic E-state index is -0.390. The van der Waals surface area contributed by atoms with Crippen LogP contribution in [0.1, 0.15) is 33.6 Å². The third-order valence-electron chi connectivity index (χ3n) is 3.03. The molecule has 1 aliphatic rings. The lowest BCUT2D eigenvalue weighted by atomic mass is 10.0. The molecule has 0 aromatic rings. The number of piperidine rings is 1. The molecule has 1 saturated heterocycles. The van der Waals surface area contributed by atoms with Crippen LogP contribution in [0, 0.1) is 11.8 Å². The Morgan fingerprint density at radius 3 is 2.72 bits per heavy atom. The van der Waals surface area contributed by atoms with Crippen LogP contribution < -0.4 is 10.6 Å². The Bertz CT molecular complexity index is 292. The van der Waals surface area contributed by atoms with E-state index in [2.05, 4.69) is 22.5 Å². The van der Waals surface area contributed by atoms with Gasteiger partial charge in [0.1, 0.15) is 0 Å². The van der Waals surface area contributed by atoms with Crippen molar-refractivity contribution in [1.29, 1.82) is 0 Å². The van der Waals surface area contributed by atoms with Crippen LogP contribution in [-0.4, -0.2) is 43.0 Å². The van der Waals surface area contributed by atoms with Crippen LogP contribution in [0.3, 0.4) is 0 Å². The summed E-state index contributed by atoms with van der Waals surface area (Å²) in [5, 5.41) is 5.04. The fourth-order valence-electron chi connectivity index (χ4n) is 2.14. The number of urea groups is 1. The third-order valence-corrected chi connectivity index (χ3v) is 3.03. The van der Waals surface area contributed by atoms with E-state index in [1.54, 1.807) is 0 Å². The average Bonchev–Trinajstić information content (AvgIpc) is 2.26. The zero-order chi connectivity index (χ0) is 13.5. The van der Waals surface area contributed by atoms with Gasteiger partial charge in [0.05, 0.1) is 6.54 Å². The molecule has 18 heavy (non-hydrogen) atoms. The molecule has 0 aromatic heterocycles. The molecule has 2 N–H and O–H groups in total. The highest BCUT2D eigenvalue weighted by Gasteiger charge is 2.19. The molecule has 5 heteroatoms. The van der Waals surface area contributed by atoms with Crippen molar-refractivity contribution >= 4 is 11.9 Å². The molecule has 104 valence electrons. The summed E-state index contributed by atoms with van der Waals surface area (Å²) in [6.45, 7) is 9.01. The summed E-state index contributed by atoms with van der Waals surface area (Å²) in [7, 11) is 0. The van der Waals surface area contributed by atoms with Gasteiger partial charge in [-0.2, -0.15) is 0 Å². The molecule has 0 bridgehead atoms. The number of carbonyl (C=O) groups is 2. The number of likely N-dealkylation sites (tertiary alicyclic amines) is 1. The molecule has 0 aliphatic carbocycles. The Labute approximate surface area is 109 Å². The van der Waals surface area contributed by atoms with Gasteiger partial charge in [0.15, 0.2) is 0 Å². The number of hydrogen-bond acceptors (Lipinski definition) is 3. The molecule has 1 heterocycles. The number of nitrogens with one attached hydrogen (secondary N) is 2. The van der Waals surface area contributed by atoms with Gasteiger partial charge in [0.25, 0.3) is 0 Å². The molecule has 3 amide bonds. The average molecular weight is 255 g/mol. The molecule has 5 nitrogen and oxygen atoms in total. The van der Waals surface area contributed by atoms with Crippen LogP contribution >= 0.6 is 0 Å². The maximum absolute atomic E-state index is 11.7. The van der Waals surface area contributed by atoms with Crippen LogP contribution in [-0.2, 0) is 4.79 Å². The number of imide groups is 1. The van der Waals surface area contributed by atoms with Crippen LogP contribution in [0.25, 0.3) is 0 Å². The summed E-state index contributed by atoms with van der Waals surface area (Å²) in [6.07, 6.45) is 2.36. The second-order valence-electron chi connectivity index (χ2n) is 5.63. The minimum Gasteiger partial charge on any atom is -0.338 e. The number of rotatable bonds is 4. The highest BCUT2D eigenvalue weighted by molar-refractivity contribution is 5.95. The van der Waals surface area contributed by atoms with Crippen LogP contribution in [0.2, 0.25) is 0 Å². The van der Waals surface area contributed by atoms with Crippen molar-refractivity contribution in [1.82, 2.24) is 15.5 Å². The van der Waals surface area contributed by atoms with Crippen LogP contribution in [0.4, 0.5) is 4.79 Å². The minimum absolute atomic E-state index is 0.217. The van der Waals surface area contributed by atoms with E-state index in [9.17, 15) is 9.59 Å². The quantitative estimate of drug-likeness (QED) is 0.793. The first-order chi connectivity index (χ1) is 8.47. The molecule has 1 fully saturated rings. The Hall–Kier alpha value is -1.10. The second kappa shape index (κ2) is 7.36. The molecule has 0 aromatic carbocycles. The molecule has 0 radical (unpaired) electrons. The van der Waals surface area contributed by atoms with Gasteiger partial charge >= 0.3 is 6.03 Å². The van der Waals surface area contributed by atoms with Crippen molar-refractivity contribution in [2.24, 2.45) is 11.8 Å². The predicted molar refractivity (Wildman–Crippen MR) is 71.2 cm³/mol. The van der Waals surface area contributed by atoms with E-state index in [0.717, 1.165) is 19.5 Å². The SMILES string of the molecule is CC(C)CNC(=O)NC(=O)CN1CCCC(C)C1. The van der Waals surface area contributed by atoms with E-state index < -0.39 is 6.03 Å². The fourth-order valence-corrected chi connectivity index (χ4v) is 2.14. The van der Waals surface area contributed by atoms with E-state index in [4.69, 9.17) is 0 Å². The van der Waals surface area contributed by atoms with Crippen molar-refractivity contribution in [3.63, 3.8) is 0 Å². The normalized spacial score (nSPS) is 20.8. The number of hydrogen-bond donors (Lipinski definition) is 2. The van der Waals surface area contributed by atoms with Gasteiger partial charge in [0.2, 0.25) is 5.91 Å². The lowest BCUT2D eigenvalue weighted by Gasteiger charge is -2.29. The van der Waals surface area contributed by atoms with E-state index in [1.165, 1.54) is 6.42 Å². The number of nitrogens with zero attached hydrogens (tertiary/aromatic N) is 1. The van der Waals surface area contributed by atoms with Gasteiger partial charge in [-0.15, -0.1) is 0 Å². The molecular formula is C13H25N3O2. The summed E-state index contributed by atoms with van der Waals surface area (Å²) in [5.74, 6) is 0.806. The lowest BCUT2D eigenvalue weighted by molar-refractivity contribution is -0.121. The smallest absolute Gasteiger partial charge is 0.321 e. The summed E-state index contributed by atoms with van der Waals surface area (Å²) in [6, 6.07) is -0.390. The van der Waals surface area contributed by atoms with Gasteiger partial charge in [-0.3, -0.25) is 15.0 Å². The van der Waals surface area contributed by atoms with Crippen molar-refractivity contribution in [3.05, 3.63) is 0 Å². The molecule has 1 rings (SSSR count). The second-order valence-corrected chi connectivity index (χ2v) is 5.63. The molecule has 1 aliphatic heterocycles. The van der Waals surface area contributed by atoms with Gasteiger partial charge in [0, 0.05) is 13.1 Å². The first-order valence-electron chi connectivity index (χ1n) is 6.77. The summed E-state index contributed by atoms with van der Waals surface area (Å²) in [4.78, 5) is 25.2. The molecule has 1 atom stereocenters. The zero-order valence-corrected chi connectivity index (χ0v) is 11.7. The lowest BCUT2D eigenvalue weighted by Crippen LogP contribution is -2.47. The standard InChI is InChI=1S/C13H25N3O2/c1-10(2)7-14-13(18)15-12(17)9-16-6-4-5-11(3)8-16/h10-11H,4-9H2,1-3H3,(H2,14,15,17,18). The fraction of sp³-hybridized carbons (Fsp3) is 0.846. The van der Waals surface area contributed by atoms with E-state index in [-0.39, 0.29) is 5.91 Å². The van der Waals surface area contributed by atoms with E-state index in [0.29, 0.717) is 24.9 Å². The number of carbonyl (C=O) groups excluding carboxylic acids is 2.